The molecule has 0 fully saturated rings. The third-order valence-corrected chi connectivity index (χ3v) is 2.20. The van der Waals surface area contributed by atoms with E-state index in [0.29, 0.717) is 19.5 Å². The fourth-order valence-corrected chi connectivity index (χ4v) is 1.39. The highest BCUT2D eigenvalue weighted by atomic mass is 16.2. The summed E-state index contributed by atoms with van der Waals surface area (Å²) in [7, 11) is 0. The monoisotopic (exact) mass is 221 g/mol. The molecule has 0 aromatic carbocycles. The molecule has 0 rings (SSSR count). The van der Waals surface area contributed by atoms with Gasteiger partial charge in [-0.2, -0.15) is 0 Å². The molecule has 0 aliphatic rings. The average molecular weight is 221 g/mol. The number of carbonyl (C=O) groups is 2. The first-order chi connectivity index (χ1) is 7.58. The van der Waals surface area contributed by atoms with E-state index >= 15 is 0 Å². The van der Waals surface area contributed by atoms with Crippen LogP contribution in [-0.2, 0) is 9.59 Å². The zero-order valence-electron chi connectivity index (χ0n) is 9.82. The Morgan fingerprint density at radius 3 is 1.94 bits per heavy atom. The lowest BCUT2D eigenvalue weighted by molar-refractivity contribution is -0.139. The summed E-state index contributed by atoms with van der Waals surface area (Å²) in [5.74, 6) is -0.951. The highest BCUT2D eigenvalue weighted by Crippen LogP contribution is 2.10. The molecular formula is C13H19NO2. The Hall–Kier alpha value is -1.64. The largest absolute Gasteiger partial charge is 0.335 e. The van der Waals surface area contributed by atoms with E-state index in [9.17, 15) is 9.59 Å². The molecule has 0 saturated carbocycles. The Balaban J connectivity index is 4.76. The molecule has 0 bridgehead atoms. The molecule has 0 radical (unpaired) electrons. The van der Waals surface area contributed by atoms with Crippen LogP contribution in [0.3, 0.4) is 0 Å². The van der Waals surface area contributed by atoms with Gasteiger partial charge in [0.25, 0.3) is 0 Å². The lowest BCUT2D eigenvalue weighted by Crippen LogP contribution is -2.38. The molecular weight excluding hydrogens is 202 g/mol. The van der Waals surface area contributed by atoms with Gasteiger partial charge in [0, 0.05) is 13.1 Å². The van der Waals surface area contributed by atoms with Gasteiger partial charge < -0.3 is 4.90 Å². The van der Waals surface area contributed by atoms with E-state index in [1.807, 2.05) is 0 Å². The van der Waals surface area contributed by atoms with E-state index in [2.05, 4.69) is 19.7 Å². The lowest BCUT2D eigenvalue weighted by atomic mass is 9.99. The number of nitrogens with zero attached hydrogens (tertiary/aromatic N) is 1. The van der Waals surface area contributed by atoms with Crippen LogP contribution in [0.2, 0.25) is 0 Å². The number of hydrogen-bond acceptors (Lipinski definition) is 2. The van der Waals surface area contributed by atoms with Crippen molar-refractivity contribution in [2.24, 2.45) is 5.92 Å². The van der Waals surface area contributed by atoms with Crippen LogP contribution < -0.4 is 0 Å². The molecule has 0 saturated heterocycles. The lowest BCUT2D eigenvalue weighted by Gasteiger charge is -2.23. The first kappa shape index (κ1) is 14.4. The van der Waals surface area contributed by atoms with E-state index in [4.69, 9.17) is 0 Å². The summed E-state index contributed by atoms with van der Waals surface area (Å²) in [5, 5.41) is 0. The standard InChI is InChI=1S/C13H19NO2/c1-5-8-12(11(4)15)13(16)14(9-6-2)10-7-3/h5-7,12H,1-3,8-10H2,4H3. The maximum absolute atomic E-state index is 12.0. The third-order valence-electron chi connectivity index (χ3n) is 2.20. The van der Waals surface area contributed by atoms with Crippen LogP contribution in [0.5, 0.6) is 0 Å². The van der Waals surface area contributed by atoms with Crippen molar-refractivity contribution in [1.82, 2.24) is 4.90 Å². The molecule has 0 aromatic rings. The topological polar surface area (TPSA) is 37.4 Å². The van der Waals surface area contributed by atoms with Gasteiger partial charge in [0.2, 0.25) is 5.91 Å². The molecule has 0 aromatic heterocycles. The van der Waals surface area contributed by atoms with Crippen LogP contribution in [0.4, 0.5) is 0 Å². The Morgan fingerprint density at radius 2 is 1.62 bits per heavy atom. The summed E-state index contributed by atoms with van der Waals surface area (Å²) in [6.07, 6.45) is 5.22. The molecule has 3 heteroatoms. The van der Waals surface area contributed by atoms with Crippen LogP contribution in [0, 0.1) is 5.92 Å². The summed E-state index contributed by atoms with van der Waals surface area (Å²) in [4.78, 5) is 24.9. The molecule has 16 heavy (non-hydrogen) atoms. The number of rotatable bonds is 8. The maximum atomic E-state index is 12.0. The smallest absolute Gasteiger partial charge is 0.234 e. The van der Waals surface area contributed by atoms with Crippen molar-refractivity contribution in [2.45, 2.75) is 13.3 Å². The number of Topliss-reactive ketones (excluding diaryl/α,β-unsaturated/α-hetero) is 1. The summed E-state index contributed by atoms with van der Waals surface area (Å²) >= 11 is 0. The minimum atomic E-state index is -0.627. The van der Waals surface area contributed by atoms with Crippen molar-refractivity contribution >= 4 is 11.7 Å². The van der Waals surface area contributed by atoms with Gasteiger partial charge in [-0.05, 0) is 13.3 Å². The summed E-state index contributed by atoms with van der Waals surface area (Å²) in [6.45, 7) is 13.0. The minimum Gasteiger partial charge on any atom is -0.335 e. The van der Waals surface area contributed by atoms with E-state index in [1.165, 1.54) is 6.92 Å². The van der Waals surface area contributed by atoms with Crippen molar-refractivity contribution in [3.8, 4) is 0 Å². The number of carbonyl (C=O) groups excluding carboxylic acids is 2. The molecule has 1 amide bonds. The Kier molecular flexibility index (Phi) is 6.84. The Labute approximate surface area is 97.1 Å². The second kappa shape index (κ2) is 7.63. The van der Waals surface area contributed by atoms with E-state index in [0.717, 1.165) is 0 Å². The number of hydrogen-bond donors (Lipinski definition) is 0. The summed E-state index contributed by atoms with van der Waals surface area (Å²) in [6, 6.07) is 0. The van der Waals surface area contributed by atoms with Crippen molar-refractivity contribution in [3.05, 3.63) is 38.0 Å². The van der Waals surface area contributed by atoms with Gasteiger partial charge in [0.1, 0.15) is 5.78 Å². The zero-order valence-corrected chi connectivity index (χ0v) is 9.82. The molecule has 0 heterocycles. The molecule has 1 atom stereocenters. The van der Waals surface area contributed by atoms with Gasteiger partial charge in [-0.3, -0.25) is 9.59 Å². The predicted molar refractivity (Wildman–Crippen MR) is 66.0 cm³/mol. The molecule has 0 N–H and O–H groups in total. The maximum Gasteiger partial charge on any atom is 0.234 e. The van der Waals surface area contributed by atoms with Crippen LogP contribution in [-0.4, -0.2) is 29.7 Å². The first-order valence-electron chi connectivity index (χ1n) is 5.20. The zero-order chi connectivity index (χ0) is 12.6. The van der Waals surface area contributed by atoms with Crippen LogP contribution in [0.1, 0.15) is 13.3 Å². The summed E-state index contributed by atoms with van der Waals surface area (Å²) < 4.78 is 0. The summed E-state index contributed by atoms with van der Waals surface area (Å²) in [5.41, 5.74) is 0. The fourth-order valence-electron chi connectivity index (χ4n) is 1.39. The fraction of sp³-hybridized carbons (Fsp3) is 0.385. The van der Waals surface area contributed by atoms with Gasteiger partial charge in [-0.15, -0.1) is 19.7 Å². The second-order valence-corrected chi connectivity index (χ2v) is 3.51. The van der Waals surface area contributed by atoms with Crippen molar-refractivity contribution in [2.75, 3.05) is 13.1 Å². The average Bonchev–Trinajstić information content (AvgIpc) is 2.24. The van der Waals surface area contributed by atoms with Gasteiger partial charge in [-0.25, -0.2) is 0 Å². The van der Waals surface area contributed by atoms with Crippen molar-refractivity contribution in [3.63, 3.8) is 0 Å². The quantitative estimate of drug-likeness (QED) is 0.464. The highest BCUT2D eigenvalue weighted by molar-refractivity contribution is 6.00. The number of ketones is 1. The Morgan fingerprint density at radius 1 is 1.12 bits per heavy atom. The minimum absolute atomic E-state index is 0.136. The van der Waals surface area contributed by atoms with Crippen LogP contribution in [0.25, 0.3) is 0 Å². The van der Waals surface area contributed by atoms with Gasteiger partial charge >= 0.3 is 0 Å². The highest BCUT2D eigenvalue weighted by Gasteiger charge is 2.25. The van der Waals surface area contributed by atoms with E-state index in [-0.39, 0.29) is 11.7 Å². The first-order valence-corrected chi connectivity index (χ1v) is 5.20. The SMILES string of the molecule is C=CCC(C(C)=O)C(=O)N(CC=C)CC=C. The predicted octanol–water partition coefficient (Wildman–Crippen LogP) is 1.97. The second-order valence-electron chi connectivity index (χ2n) is 3.51. The normalized spacial score (nSPS) is 11.3. The van der Waals surface area contributed by atoms with E-state index < -0.39 is 5.92 Å². The van der Waals surface area contributed by atoms with Gasteiger partial charge in [0.15, 0.2) is 0 Å². The molecule has 1 unspecified atom stereocenters. The molecule has 0 aliphatic heterocycles. The third kappa shape index (κ3) is 4.26. The number of amides is 1. The van der Waals surface area contributed by atoms with Crippen LogP contribution in [0.15, 0.2) is 38.0 Å². The number of allylic oxidation sites excluding steroid dienone is 1. The van der Waals surface area contributed by atoms with E-state index in [1.54, 1.807) is 23.1 Å². The van der Waals surface area contributed by atoms with Gasteiger partial charge in [-0.1, -0.05) is 18.2 Å². The molecule has 88 valence electrons. The van der Waals surface area contributed by atoms with Crippen LogP contribution >= 0.6 is 0 Å². The molecule has 3 nitrogen and oxygen atoms in total. The molecule has 0 aliphatic carbocycles. The van der Waals surface area contributed by atoms with Gasteiger partial charge in [0.05, 0.1) is 5.92 Å². The Bertz CT molecular complexity index is 284. The van der Waals surface area contributed by atoms with Crippen molar-refractivity contribution < 1.29 is 9.59 Å². The van der Waals surface area contributed by atoms with Crippen molar-refractivity contribution in [1.29, 1.82) is 0 Å². The molecule has 0 spiro atoms.